The fourth-order valence-corrected chi connectivity index (χ4v) is 2.69. The summed E-state index contributed by atoms with van der Waals surface area (Å²) < 4.78 is 26.3. The summed E-state index contributed by atoms with van der Waals surface area (Å²) in [4.78, 5) is 10.5. The Kier molecular flexibility index (Phi) is 4.97. The van der Waals surface area contributed by atoms with Crippen molar-refractivity contribution in [1.29, 1.82) is 0 Å². The zero-order valence-electron chi connectivity index (χ0n) is 9.72. The molecule has 0 bridgehead atoms. The third-order valence-corrected chi connectivity index (χ3v) is 4.90. The van der Waals surface area contributed by atoms with Gasteiger partial charge in [0.05, 0.1) is 16.5 Å². The highest BCUT2D eigenvalue weighted by Crippen LogP contribution is 2.25. The highest BCUT2D eigenvalue weighted by atomic mass is 79.9. The van der Waals surface area contributed by atoms with E-state index in [4.69, 9.17) is 16.7 Å². The van der Waals surface area contributed by atoms with Crippen LogP contribution in [0.4, 0.5) is 0 Å². The minimum atomic E-state index is -3.94. The first kappa shape index (κ1) is 16.4. The van der Waals surface area contributed by atoms with Gasteiger partial charge in [0.25, 0.3) is 0 Å². The number of hydrogen-bond acceptors (Lipinski definition) is 4. The Morgan fingerprint density at radius 2 is 2.11 bits per heavy atom. The van der Waals surface area contributed by atoms with Gasteiger partial charge >= 0.3 is 5.97 Å². The number of rotatable bonds is 5. The summed E-state index contributed by atoms with van der Waals surface area (Å²) in [5.41, 5.74) is -2.19. The maximum Gasteiger partial charge on any atom is 0.336 e. The van der Waals surface area contributed by atoms with Crippen LogP contribution in [-0.4, -0.2) is 36.7 Å². The van der Waals surface area contributed by atoms with E-state index in [0.717, 1.165) is 6.92 Å². The summed E-state index contributed by atoms with van der Waals surface area (Å²) in [5.74, 6) is -1.52. The van der Waals surface area contributed by atoms with Crippen LogP contribution in [0.3, 0.4) is 0 Å². The second-order valence-corrected chi connectivity index (χ2v) is 7.01. The van der Waals surface area contributed by atoms with Crippen LogP contribution in [0.2, 0.25) is 5.02 Å². The number of carbonyl (C=O) groups is 1. The summed E-state index contributed by atoms with van der Waals surface area (Å²) in [7, 11) is -3.94. The molecule has 0 radical (unpaired) electrons. The lowest BCUT2D eigenvalue weighted by atomic mass is 10.1. The molecule has 0 aliphatic rings. The first-order chi connectivity index (χ1) is 8.56. The molecular weight excluding hydrogens is 362 g/mol. The minimum Gasteiger partial charge on any atom is -0.479 e. The summed E-state index contributed by atoms with van der Waals surface area (Å²) in [6.07, 6.45) is 0. The molecule has 0 amide bonds. The van der Waals surface area contributed by atoms with Crippen LogP contribution in [0.25, 0.3) is 0 Å². The van der Waals surface area contributed by atoms with Gasteiger partial charge in [-0.1, -0.05) is 11.6 Å². The summed E-state index contributed by atoms with van der Waals surface area (Å²) in [6.45, 7) is 0.338. The Hall–Kier alpha value is -0.670. The lowest BCUT2D eigenvalue weighted by molar-refractivity contribution is -0.155. The topological polar surface area (TPSA) is 104 Å². The molecule has 0 aliphatic heterocycles. The van der Waals surface area contributed by atoms with E-state index >= 15 is 0 Å². The van der Waals surface area contributed by atoms with Gasteiger partial charge in [-0.2, -0.15) is 0 Å². The lowest BCUT2D eigenvalue weighted by Crippen LogP contribution is -2.46. The largest absolute Gasteiger partial charge is 0.479 e. The van der Waals surface area contributed by atoms with E-state index in [2.05, 4.69) is 15.9 Å². The van der Waals surface area contributed by atoms with E-state index in [1.54, 1.807) is 0 Å². The molecule has 1 aromatic carbocycles. The quantitative estimate of drug-likeness (QED) is 0.721. The molecule has 6 nitrogen and oxygen atoms in total. The number of carboxylic acid groups (broad SMARTS) is 1. The van der Waals surface area contributed by atoms with E-state index in [1.807, 2.05) is 4.72 Å². The third-order valence-electron chi connectivity index (χ3n) is 2.27. The Morgan fingerprint density at radius 3 is 2.58 bits per heavy atom. The number of halogens is 2. The molecule has 1 aromatic rings. The number of sulfonamides is 1. The van der Waals surface area contributed by atoms with Crippen molar-refractivity contribution in [3.8, 4) is 0 Å². The molecule has 0 spiro atoms. The molecule has 9 heteroatoms. The Balaban J connectivity index is 2.93. The first-order valence-electron chi connectivity index (χ1n) is 4.97. The average molecular weight is 373 g/mol. The predicted octanol–water partition coefficient (Wildman–Crippen LogP) is 1.22. The zero-order valence-corrected chi connectivity index (χ0v) is 12.9. The molecule has 0 saturated heterocycles. The fraction of sp³-hybridized carbons (Fsp3) is 0.300. The Labute approximate surface area is 123 Å². The molecule has 1 rings (SSSR count). The van der Waals surface area contributed by atoms with Crippen molar-refractivity contribution in [2.24, 2.45) is 0 Å². The van der Waals surface area contributed by atoms with Gasteiger partial charge in [-0.25, -0.2) is 17.9 Å². The van der Waals surface area contributed by atoms with Crippen LogP contribution in [0, 0.1) is 0 Å². The van der Waals surface area contributed by atoms with E-state index in [0.29, 0.717) is 4.47 Å². The minimum absolute atomic E-state index is 0.123. The lowest BCUT2D eigenvalue weighted by Gasteiger charge is -2.18. The highest BCUT2D eigenvalue weighted by Gasteiger charge is 2.31. The molecule has 0 saturated carbocycles. The van der Waals surface area contributed by atoms with Crippen molar-refractivity contribution in [3.63, 3.8) is 0 Å². The van der Waals surface area contributed by atoms with Gasteiger partial charge < -0.3 is 10.2 Å². The maximum atomic E-state index is 11.9. The normalized spacial score (nSPS) is 14.9. The van der Waals surface area contributed by atoms with Gasteiger partial charge in [-0.3, -0.25) is 0 Å². The highest BCUT2D eigenvalue weighted by molar-refractivity contribution is 9.10. The molecule has 19 heavy (non-hydrogen) atoms. The Morgan fingerprint density at radius 1 is 1.53 bits per heavy atom. The van der Waals surface area contributed by atoms with E-state index in [1.165, 1.54) is 18.2 Å². The van der Waals surface area contributed by atoms with Crippen LogP contribution >= 0.6 is 27.5 Å². The van der Waals surface area contributed by atoms with Crippen molar-refractivity contribution in [2.75, 3.05) is 6.54 Å². The molecule has 3 N–H and O–H groups in total. The van der Waals surface area contributed by atoms with Crippen LogP contribution in [0.15, 0.2) is 27.6 Å². The molecule has 0 aromatic heterocycles. The summed E-state index contributed by atoms with van der Waals surface area (Å²) in [5, 5.41) is 18.3. The number of aliphatic carboxylic acids is 1. The number of aliphatic hydroxyl groups is 1. The first-order valence-corrected chi connectivity index (χ1v) is 7.62. The molecule has 0 fully saturated rings. The van der Waals surface area contributed by atoms with Gasteiger partial charge in [0.1, 0.15) is 0 Å². The van der Waals surface area contributed by atoms with Gasteiger partial charge in [0.15, 0.2) is 5.60 Å². The molecule has 1 unspecified atom stereocenters. The number of benzene rings is 1. The number of carboxylic acids is 1. The summed E-state index contributed by atoms with van der Waals surface area (Å²) >= 11 is 8.90. The summed E-state index contributed by atoms with van der Waals surface area (Å²) in [6, 6.07) is 3.96. The van der Waals surface area contributed by atoms with Gasteiger partial charge in [0, 0.05) is 4.47 Å². The van der Waals surface area contributed by atoms with E-state index < -0.39 is 28.1 Å². The van der Waals surface area contributed by atoms with E-state index in [-0.39, 0.29) is 9.92 Å². The second kappa shape index (κ2) is 5.76. The zero-order chi connectivity index (χ0) is 14.8. The van der Waals surface area contributed by atoms with Crippen LogP contribution < -0.4 is 4.72 Å². The smallest absolute Gasteiger partial charge is 0.336 e. The fourth-order valence-electron chi connectivity index (χ4n) is 1.04. The molecule has 1 atom stereocenters. The molecule has 0 heterocycles. The van der Waals surface area contributed by atoms with Gasteiger partial charge in [-0.05, 0) is 41.1 Å². The van der Waals surface area contributed by atoms with Crippen molar-refractivity contribution < 1.29 is 23.4 Å². The van der Waals surface area contributed by atoms with Crippen molar-refractivity contribution in [3.05, 3.63) is 27.7 Å². The standard InChI is InChI=1S/C10H11BrClNO5S/c1-10(16,9(14)15)5-13-19(17,18)6-2-3-7(11)8(12)4-6/h2-4,13,16H,5H2,1H3,(H,14,15). The Bertz CT molecular complexity index is 602. The van der Waals surface area contributed by atoms with Gasteiger partial charge in [0.2, 0.25) is 10.0 Å². The average Bonchev–Trinajstić information content (AvgIpc) is 2.30. The monoisotopic (exact) mass is 371 g/mol. The molecule has 0 aliphatic carbocycles. The molecule has 106 valence electrons. The van der Waals surface area contributed by atoms with Crippen LogP contribution in [-0.2, 0) is 14.8 Å². The predicted molar refractivity (Wildman–Crippen MR) is 72.6 cm³/mol. The molecular formula is C10H11BrClNO5S. The SMILES string of the molecule is CC(O)(CNS(=O)(=O)c1ccc(Br)c(Cl)c1)C(=O)O. The third kappa shape index (κ3) is 4.15. The number of nitrogens with one attached hydrogen (secondary N) is 1. The number of hydrogen-bond donors (Lipinski definition) is 3. The van der Waals surface area contributed by atoms with Crippen LogP contribution in [0.5, 0.6) is 0 Å². The maximum absolute atomic E-state index is 11.9. The van der Waals surface area contributed by atoms with Crippen LogP contribution in [0.1, 0.15) is 6.92 Å². The second-order valence-electron chi connectivity index (χ2n) is 3.98. The van der Waals surface area contributed by atoms with E-state index in [9.17, 15) is 18.3 Å². The van der Waals surface area contributed by atoms with Crippen molar-refractivity contribution >= 4 is 43.5 Å². The van der Waals surface area contributed by atoms with Crippen molar-refractivity contribution in [1.82, 2.24) is 4.72 Å². The van der Waals surface area contributed by atoms with Gasteiger partial charge in [-0.15, -0.1) is 0 Å². The van der Waals surface area contributed by atoms with Crippen molar-refractivity contribution in [2.45, 2.75) is 17.4 Å².